The van der Waals surface area contributed by atoms with Gasteiger partial charge in [-0.3, -0.25) is 14.7 Å². The van der Waals surface area contributed by atoms with Crippen molar-refractivity contribution in [3.8, 4) is 17.3 Å². The Morgan fingerprint density at radius 3 is 2.77 bits per heavy atom. The van der Waals surface area contributed by atoms with Crippen LogP contribution < -0.4 is 4.74 Å². The number of furan rings is 1. The van der Waals surface area contributed by atoms with E-state index in [1.807, 2.05) is 28.8 Å². The lowest BCUT2D eigenvalue weighted by molar-refractivity contribution is -0.384. The predicted octanol–water partition coefficient (Wildman–Crippen LogP) is 5.09. The Balaban J connectivity index is 1.62. The summed E-state index contributed by atoms with van der Waals surface area (Å²) >= 11 is 1.49. The highest BCUT2D eigenvalue weighted by atomic mass is 32.2. The molecule has 0 spiro atoms. The van der Waals surface area contributed by atoms with Crippen molar-refractivity contribution >= 4 is 28.4 Å². The number of benzene rings is 2. The second kappa shape index (κ2) is 8.42. The van der Waals surface area contributed by atoms with Crippen molar-refractivity contribution in [2.75, 3.05) is 7.11 Å². The SMILES string of the molecule is C=CCn1c(SCc2ccc([N+](=O)[O-])cc2)nnc1-c1cc2cccc(OC)c2o1. The molecule has 0 unspecified atom stereocenters. The molecule has 0 fully saturated rings. The van der Waals surface area contributed by atoms with Crippen molar-refractivity contribution < 1.29 is 14.1 Å². The molecule has 0 bridgehead atoms. The quantitative estimate of drug-likeness (QED) is 0.169. The van der Waals surface area contributed by atoms with Gasteiger partial charge in [0.15, 0.2) is 22.2 Å². The normalized spacial score (nSPS) is 11.0. The van der Waals surface area contributed by atoms with Crippen molar-refractivity contribution in [3.05, 3.63) is 76.9 Å². The zero-order valence-electron chi connectivity index (χ0n) is 16.1. The topological polar surface area (TPSA) is 96.2 Å². The van der Waals surface area contributed by atoms with Crippen LogP contribution in [-0.4, -0.2) is 26.8 Å². The van der Waals surface area contributed by atoms with Crippen LogP contribution >= 0.6 is 11.8 Å². The van der Waals surface area contributed by atoms with Crippen LogP contribution in [-0.2, 0) is 12.3 Å². The van der Waals surface area contributed by atoms with E-state index in [2.05, 4.69) is 16.8 Å². The number of hydrogen-bond donors (Lipinski definition) is 0. The highest BCUT2D eigenvalue weighted by molar-refractivity contribution is 7.98. The van der Waals surface area contributed by atoms with Gasteiger partial charge in [-0.1, -0.05) is 42.1 Å². The fraction of sp³-hybridized carbons (Fsp3) is 0.143. The summed E-state index contributed by atoms with van der Waals surface area (Å²) in [5, 5.41) is 21.1. The molecule has 0 N–H and O–H groups in total. The number of allylic oxidation sites excluding steroid dienone is 1. The molecular formula is C21H18N4O4S. The Morgan fingerprint density at radius 1 is 1.27 bits per heavy atom. The molecule has 0 aliphatic carbocycles. The van der Waals surface area contributed by atoms with Crippen LogP contribution in [0, 0.1) is 10.1 Å². The smallest absolute Gasteiger partial charge is 0.269 e. The second-order valence-electron chi connectivity index (χ2n) is 6.41. The van der Waals surface area contributed by atoms with Gasteiger partial charge in [-0.2, -0.15) is 0 Å². The van der Waals surface area contributed by atoms with E-state index < -0.39 is 4.92 Å². The Labute approximate surface area is 176 Å². The van der Waals surface area contributed by atoms with E-state index in [4.69, 9.17) is 9.15 Å². The summed E-state index contributed by atoms with van der Waals surface area (Å²) < 4.78 is 13.3. The lowest BCUT2D eigenvalue weighted by Crippen LogP contribution is -2.00. The van der Waals surface area contributed by atoms with Gasteiger partial charge in [0.05, 0.1) is 12.0 Å². The Hall–Kier alpha value is -3.59. The molecule has 0 aliphatic heterocycles. The molecule has 0 saturated heterocycles. The van der Waals surface area contributed by atoms with Crippen molar-refractivity contribution in [3.63, 3.8) is 0 Å². The van der Waals surface area contributed by atoms with Gasteiger partial charge in [-0.25, -0.2) is 0 Å². The number of fused-ring (bicyclic) bond motifs is 1. The number of thioether (sulfide) groups is 1. The summed E-state index contributed by atoms with van der Waals surface area (Å²) in [6.45, 7) is 4.34. The highest BCUT2D eigenvalue weighted by Crippen LogP contribution is 2.34. The lowest BCUT2D eigenvalue weighted by atomic mass is 10.2. The average Bonchev–Trinajstić information content (AvgIpc) is 3.36. The molecule has 2 aromatic heterocycles. The molecule has 4 rings (SSSR count). The zero-order chi connectivity index (χ0) is 21.1. The molecule has 9 heteroatoms. The van der Waals surface area contributed by atoms with Gasteiger partial charge in [0.2, 0.25) is 5.82 Å². The number of aromatic nitrogens is 3. The third-order valence-electron chi connectivity index (χ3n) is 4.49. The molecule has 0 amide bonds. The van der Waals surface area contributed by atoms with E-state index in [1.54, 1.807) is 25.3 Å². The van der Waals surface area contributed by atoms with Crippen LogP contribution in [0.4, 0.5) is 5.69 Å². The summed E-state index contributed by atoms with van der Waals surface area (Å²) in [6, 6.07) is 14.1. The zero-order valence-corrected chi connectivity index (χ0v) is 17.0. The van der Waals surface area contributed by atoms with Crippen molar-refractivity contribution in [1.82, 2.24) is 14.8 Å². The number of nitrogens with zero attached hydrogens (tertiary/aromatic N) is 4. The van der Waals surface area contributed by atoms with Gasteiger partial charge in [0.25, 0.3) is 5.69 Å². The fourth-order valence-corrected chi connectivity index (χ4v) is 3.94. The predicted molar refractivity (Wildman–Crippen MR) is 115 cm³/mol. The number of rotatable bonds is 8. The lowest BCUT2D eigenvalue weighted by Gasteiger charge is -2.06. The number of hydrogen-bond acceptors (Lipinski definition) is 7. The Morgan fingerprint density at radius 2 is 2.07 bits per heavy atom. The summed E-state index contributed by atoms with van der Waals surface area (Å²) in [5.41, 5.74) is 1.68. The molecule has 0 saturated carbocycles. The standard InChI is InChI=1S/C21H18N4O4S/c1-3-11-24-20(18-12-15-5-4-6-17(28-2)19(15)29-18)22-23-21(24)30-13-14-7-9-16(10-8-14)25(26)27/h3-10,12H,1,11,13H2,2H3. The molecule has 30 heavy (non-hydrogen) atoms. The first-order valence-corrected chi connectivity index (χ1v) is 10.1. The monoisotopic (exact) mass is 422 g/mol. The minimum absolute atomic E-state index is 0.0705. The molecule has 0 aliphatic rings. The molecule has 0 atom stereocenters. The van der Waals surface area contributed by atoms with E-state index in [0.29, 0.717) is 40.4 Å². The van der Waals surface area contributed by atoms with E-state index in [1.165, 1.54) is 23.9 Å². The minimum Gasteiger partial charge on any atom is -0.493 e. The number of nitro benzene ring substituents is 1. The van der Waals surface area contributed by atoms with Gasteiger partial charge < -0.3 is 9.15 Å². The molecule has 8 nitrogen and oxygen atoms in total. The Bertz CT molecular complexity index is 1210. The maximum Gasteiger partial charge on any atom is 0.269 e. The molecule has 2 heterocycles. The molecular weight excluding hydrogens is 404 g/mol. The second-order valence-corrected chi connectivity index (χ2v) is 7.35. The Kier molecular flexibility index (Phi) is 5.53. The molecule has 0 radical (unpaired) electrons. The summed E-state index contributed by atoms with van der Waals surface area (Å²) in [5.74, 6) is 2.44. The van der Waals surface area contributed by atoms with Crippen LogP contribution in [0.15, 0.2) is 70.8 Å². The first kappa shape index (κ1) is 19.7. The summed E-state index contributed by atoms with van der Waals surface area (Å²) in [6.07, 6.45) is 1.77. The fourth-order valence-electron chi connectivity index (χ4n) is 3.04. The summed E-state index contributed by atoms with van der Waals surface area (Å²) in [7, 11) is 1.60. The van der Waals surface area contributed by atoms with Gasteiger partial charge in [0, 0.05) is 29.8 Å². The highest BCUT2D eigenvalue weighted by Gasteiger charge is 2.18. The third kappa shape index (κ3) is 3.79. The van der Waals surface area contributed by atoms with Crippen LogP contribution in [0.3, 0.4) is 0 Å². The number of non-ortho nitro benzene ring substituents is 1. The first-order chi connectivity index (χ1) is 14.6. The average molecular weight is 422 g/mol. The van der Waals surface area contributed by atoms with E-state index in [-0.39, 0.29) is 5.69 Å². The van der Waals surface area contributed by atoms with Gasteiger partial charge in [-0.15, -0.1) is 16.8 Å². The molecule has 2 aromatic carbocycles. The third-order valence-corrected chi connectivity index (χ3v) is 5.53. The van der Waals surface area contributed by atoms with Crippen molar-refractivity contribution in [2.24, 2.45) is 0 Å². The van der Waals surface area contributed by atoms with Gasteiger partial charge >= 0.3 is 0 Å². The van der Waals surface area contributed by atoms with Crippen LogP contribution in [0.5, 0.6) is 5.75 Å². The summed E-state index contributed by atoms with van der Waals surface area (Å²) in [4.78, 5) is 10.4. The van der Waals surface area contributed by atoms with Crippen molar-refractivity contribution in [2.45, 2.75) is 17.5 Å². The number of methoxy groups -OCH3 is 1. The number of para-hydroxylation sites is 1. The van der Waals surface area contributed by atoms with E-state index in [9.17, 15) is 10.1 Å². The van der Waals surface area contributed by atoms with Crippen LogP contribution in [0.25, 0.3) is 22.6 Å². The molecule has 152 valence electrons. The number of nitro groups is 1. The number of ether oxygens (including phenoxy) is 1. The van der Waals surface area contributed by atoms with Gasteiger partial charge in [0.1, 0.15) is 0 Å². The van der Waals surface area contributed by atoms with E-state index in [0.717, 1.165) is 10.9 Å². The van der Waals surface area contributed by atoms with Crippen LogP contribution in [0.1, 0.15) is 5.56 Å². The maximum absolute atomic E-state index is 10.8. The van der Waals surface area contributed by atoms with Gasteiger partial charge in [-0.05, 0) is 17.7 Å². The minimum atomic E-state index is -0.410. The van der Waals surface area contributed by atoms with E-state index >= 15 is 0 Å². The van der Waals surface area contributed by atoms with Crippen molar-refractivity contribution in [1.29, 1.82) is 0 Å². The largest absolute Gasteiger partial charge is 0.493 e. The van der Waals surface area contributed by atoms with Crippen LogP contribution in [0.2, 0.25) is 0 Å². The maximum atomic E-state index is 10.8. The molecule has 4 aromatic rings. The first-order valence-electron chi connectivity index (χ1n) is 9.08.